The van der Waals surface area contributed by atoms with Gasteiger partial charge in [0.05, 0.1) is 11.4 Å². The van der Waals surface area contributed by atoms with Crippen LogP contribution in [0.3, 0.4) is 0 Å². The van der Waals surface area contributed by atoms with Gasteiger partial charge >= 0.3 is 0 Å². The Kier molecular flexibility index (Phi) is 6.18. The van der Waals surface area contributed by atoms with E-state index in [9.17, 15) is 22.8 Å². The largest absolute Gasteiger partial charge is 0.381 e. The zero-order valence-electron chi connectivity index (χ0n) is 17.3. The van der Waals surface area contributed by atoms with E-state index in [2.05, 4.69) is 10.0 Å². The predicted molar refractivity (Wildman–Crippen MR) is 108 cm³/mol. The highest BCUT2D eigenvalue weighted by atomic mass is 32.2. The highest BCUT2D eigenvalue weighted by Gasteiger charge is 2.48. The van der Waals surface area contributed by atoms with Gasteiger partial charge in [-0.2, -0.15) is 0 Å². The van der Waals surface area contributed by atoms with Crippen LogP contribution in [0.25, 0.3) is 0 Å². The third kappa shape index (κ3) is 4.27. The van der Waals surface area contributed by atoms with Crippen molar-refractivity contribution in [3.05, 3.63) is 0 Å². The fraction of sp³-hybridized carbons (Fsp3) is 0.850. The Bertz CT molecular complexity index is 807. The van der Waals surface area contributed by atoms with Crippen LogP contribution in [-0.4, -0.2) is 68.1 Å². The van der Waals surface area contributed by atoms with Crippen molar-refractivity contribution in [3.8, 4) is 0 Å². The average molecular weight is 442 g/mol. The molecule has 4 rings (SSSR count). The molecular formula is C20H31N3O6S. The van der Waals surface area contributed by atoms with Gasteiger partial charge in [0.15, 0.2) is 0 Å². The third-order valence-electron chi connectivity index (χ3n) is 7.32. The number of rotatable bonds is 5. The number of ether oxygens (including phenoxy) is 1. The maximum Gasteiger partial charge on any atom is 0.249 e. The monoisotopic (exact) mass is 441 g/mol. The van der Waals surface area contributed by atoms with Gasteiger partial charge in [-0.15, -0.1) is 0 Å². The van der Waals surface area contributed by atoms with Crippen molar-refractivity contribution in [1.29, 1.82) is 0 Å². The van der Waals surface area contributed by atoms with Gasteiger partial charge in [-0.1, -0.05) is 0 Å². The number of amides is 3. The summed E-state index contributed by atoms with van der Waals surface area (Å²) in [5, 5.41) is 1.94. The molecule has 2 saturated carbocycles. The molecule has 2 aliphatic heterocycles. The second-order valence-electron chi connectivity index (χ2n) is 9.13. The molecular weight excluding hydrogens is 410 g/mol. The van der Waals surface area contributed by atoms with E-state index in [4.69, 9.17) is 4.74 Å². The first-order valence-electron chi connectivity index (χ1n) is 11.0. The fourth-order valence-corrected chi connectivity index (χ4v) is 7.38. The lowest BCUT2D eigenvalue weighted by Gasteiger charge is -2.33. The molecule has 3 amide bonds. The van der Waals surface area contributed by atoms with Crippen LogP contribution < -0.4 is 10.0 Å². The van der Waals surface area contributed by atoms with Gasteiger partial charge in [-0.25, -0.2) is 13.1 Å². The van der Waals surface area contributed by atoms with E-state index in [-0.39, 0.29) is 47.5 Å². The number of carbonyl (C=O) groups excluding carboxylic acids is 3. The van der Waals surface area contributed by atoms with E-state index in [1.807, 2.05) is 0 Å². The molecule has 4 unspecified atom stereocenters. The molecule has 0 spiro atoms. The SMILES string of the molecule is COC1CCC(S(=O)(=O)NC2CCC3C(=O)N(C4CCC(=O)NC4=O)CC3C2)CC1. The molecule has 168 valence electrons. The number of hydrogen-bond donors (Lipinski definition) is 2. The zero-order chi connectivity index (χ0) is 21.5. The number of imide groups is 1. The molecule has 10 heteroatoms. The van der Waals surface area contributed by atoms with Crippen LogP contribution in [0.15, 0.2) is 0 Å². The van der Waals surface area contributed by atoms with E-state index in [1.54, 1.807) is 12.0 Å². The van der Waals surface area contributed by atoms with Crippen molar-refractivity contribution in [2.24, 2.45) is 11.8 Å². The van der Waals surface area contributed by atoms with Crippen molar-refractivity contribution in [1.82, 2.24) is 14.9 Å². The lowest BCUT2D eigenvalue weighted by molar-refractivity contribution is -0.144. The van der Waals surface area contributed by atoms with E-state index in [0.717, 1.165) is 12.8 Å². The molecule has 9 nitrogen and oxygen atoms in total. The molecule has 2 heterocycles. The Morgan fingerprint density at radius 2 is 1.77 bits per heavy atom. The number of methoxy groups -OCH3 is 1. The van der Waals surface area contributed by atoms with E-state index in [0.29, 0.717) is 45.1 Å². The first-order valence-corrected chi connectivity index (χ1v) is 12.5. The molecule has 2 aliphatic carbocycles. The number of likely N-dealkylation sites (tertiary alicyclic amines) is 1. The molecule has 30 heavy (non-hydrogen) atoms. The number of nitrogens with zero attached hydrogens (tertiary/aromatic N) is 1. The number of fused-ring (bicyclic) bond motifs is 1. The summed E-state index contributed by atoms with van der Waals surface area (Å²) in [5.41, 5.74) is 0. The van der Waals surface area contributed by atoms with Gasteiger partial charge in [0.2, 0.25) is 27.7 Å². The van der Waals surface area contributed by atoms with Crippen molar-refractivity contribution < 1.29 is 27.5 Å². The molecule has 0 aromatic rings. The maximum atomic E-state index is 12.9. The van der Waals surface area contributed by atoms with Crippen LogP contribution in [0.2, 0.25) is 0 Å². The summed E-state index contributed by atoms with van der Waals surface area (Å²) < 4.78 is 34.0. The smallest absolute Gasteiger partial charge is 0.249 e. The number of piperidine rings is 1. The van der Waals surface area contributed by atoms with E-state index < -0.39 is 22.0 Å². The Morgan fingerprint density at radius 1 is 1.03 bits per heavy atom. The van der Waals surface area contributed by atoms with Crippen LogP contribution in [0.5, 0.6) is 0 Å². The Balaban J connectivity index is 1.35. The maximum absolute atomic E-state index is 12.9. The van der Waals surface area contributed by atoms with Gasteiger partial charge in [0.1, 0.15) is 6.04 Å². The standard InChI is InChI=1S/C20H31N3O6S/c1-29-14-3-5-15(6-4-14)30(27,28)22-13-2-7-16-12(10-13)11-23(20(16)26)17-8-9-18(24)21-19(17)25/h12-17,22H,2-11H2,1H3,(H,21,24,25). The molecule has 0 aromatic carbocycles. The minimum Gasteiger partial charge on any atom is -0.381 e. The first kappa shape index (κ1) is 21.7. The second-order valence-corrected chi connectivity index (χ2v) is 11.1. The summed E-state index contributed by atoms with van der Waals surface area (Å²) >= 11 is 0. The Morgan fingerprint density at radius 3 is 2.43 bits per heavy atom. The van der Waals surface area contributed by atoms with Crippen LogP contribution >= 0.6 is 0 Å². The van der Waals surface area contributed by atoms with Gasteiger partial charge < -0.3 is 9.64 Å². The molecule has 2 N–H and O–H groups in total. The highest BCUT2D eigenvalue weighted by Crippen LogP contribution is 2.39. The van der Waals surface area contributed by atoms with Gasteiger partial charge in [-0.05, 0) is 57.3 Å². The number of hydrogen-bond acceptors (Lipinski definition) is 6. The van der Waals surface area contributed by atoms with E-state index >= 15 is 0 Å². The minimum absolute atomic E-state index is 0.0336. The summed E-state index contributed by atoms with van der Waals surface area (Å²) in [7, 11) is -1.75. The van der Waals surface area contributed by atoms with Crippen LogP contribution in [0.1, 0.15) is 57.8 Å². The molecule has 4 fully saturated rings. The molecule has 4 atom stereocenters. The van der Waals surface area contributed by atoms with Crippen LogP contribution in [-0.2, 0) is 29.1 Å². The quantitative estimate of drug-likeness (QED) is 0.592. The third-order valence-corrected chi connectivity index (χ3v) is 9.34. The highest BCUT2D eigenvalue weighted by molar-refractivity contribution is 7.90. The lowest BCUT2D eigenvalue weighted by Crippen LogP contribution is -2.53. The summed E-state index contributed by atoms with van der Waals surface area (Å²) in [5.74, 6) is -0.855. The molecule has 0 aromatic heterocycles. The normalized spacial score (nSPS) is 37.8. The lowest BCUT2D eigenvalue weighted by atomic mass is 9.79. The van der Waals surface area contributed by atoms with Crippen molar-refractivity contribution in [2.75, 3.05) is 13.7 Å². The van der Waals surface area contributed by atoms with Crippen molar-refractivity contribution in [2.45, 2.75) is 81.2 Å². The zero-order valence-corrected chi connectivity index (χ0v) is 18.2. The summed E-state index contributed by atoms with van der Waals surface area (Å²) in [4.78, 5) is 38.1. The van der Waals surface area contributed by atoms with Gasteiger partial charge in [-0.3, -0.25) is 19.7 Å². The Labute approximate surface area is 177 Å². The topological polar surface area (TPSA) is 122 Å². The average Bonchev–Trinajstić information content (AvgIpc) is 3.03. The summed E-state index contributed by atoms with van der Waals surface area (Å²) in [6.45, 7) is 0.451. The molecule has 0 radical (unpaired) electrons. The van der Waals surface area contributed by atoms with Crippen molar-refractivity contribution >= 4 is 27.7 Å². The first-order chi connectivity index (χ1) is 14.3. The fourth-order valence-electron chi connectivity index (χ4n) is 5.62. The summed E-state index contributed by atoms with van der Waals surface area (Å²) in [6, 6.07) is -0.766. The van der Waals surface area contributed by atoms with Crippen LogP contribution in [0, 0.1) is 11.8 Å². The predicted octanol–water partition coefficient (Wildman–Crippen LogP) is 0.296. The number of sulfonamides is 1. The van der Waals surface area contributed by atoms with E-state index in [1.165, 1.54) is 0 Å². The minimum atomic E-state index is -3.41. The number of carbonyl (C=O) groups is 3. The molecule has 0 bridgehead atoms. The van der Waals surface area contributed by atoms with Crippen LogP contribution in [0.4, 0.5) is 0 Å². The Hall–Kier alpha value is -1.52. The van der Waals surface area contributed by atoms with Crippen molar-refractivity contribution in [3.63, 3.8) is 0 Å². The molecule has 4 aliphatic rings. The number of nitrogens with one attached hydrogen (secondary N) is 2. The van der Waals surface area contributed by atoms with Gasteiger partial charge in [0.25, 0.3) is 0 Å². The summed E-state index contributed by atoms with van der Waals surface area (Å²) in [6.07, 6.45) is 5.32. The van der Waals surface area contributed by atoms with Gasteiger partial charge in [0, 0.05) is 32.0 Å². The second kappa shape index (κ2) is 8.55. The molecule has 2 saturated heterocycles.